The van der Waals surface area contributed by atoms with E-state index in [0.29, 0.717) is 32.9 Å². The van der Waals surface area contributed by atoms with Gasteiger partial charge in [-0.05, 0) is 35.6 Å². The zero-order valence-corrected chi connectivity index (χ0v) is 21.9. The fourth-order valence-corrected chi connectivity index (χ4v) is 6.10. The lowest BCUT2D eigenvalue weighted by atomic mass is 10.1. The Morgan fingerprint density at radius 3 is 2.59 bits per heavy atom. The van der Waals surface area contributed by atoms with Crippen LogP contribution in [0.2, 0.25) is 0 Å². The Morgan fingerprint density at radius 2 is 1.86 bits per heavy atom. The molecule has 0 unspecified atom stereocenters. The summed E-state index contributed by atoms with van der Waals surface area (Å²) in [6, 6.07) is 16.5. The Kier molecular flexibility index (Phi) is 7.05. The minimum absolute atomic E-state index is 0.0762. The Morgan fingerprint density at radius 1 is 1.14 bits per heavy atom. The van der Waals surface area contributed by atoms with Crippen LogP contribution in [-0.4, -0.2) is 39.2 Å². The summed E-state index contributed by atoms with van der Waals surface area (Å²) >= 11 is 2.46. The van der Waals surface area contributed by atoms with Crippen LogP contribution in [0.15, 0.2) is 74.7 Å². The van der Waals surface area contributed by atoms with Gasteiger partial charge in [-0.25, -0.2) is 4.99 Å². The molecule has 1 aliphatic heterocycles. The van der Waals surface area contributed by atoms with E-state index in [1.54, 1.807) is 16.0 Å². The van der Waals surface area contributed by atoms with Gasteiger partial charge in [0.1, 0.15) is 16.3 Å². The van der Waals surface area contributed by atoms with Gasteiger partial charge in [0, 0.05) is 10.8 Å². The maximum Gasteiger partial charge on any atom is 0.266 e. The van der Waals surface area contributed by atoms with Crippen LogP contribution in [0.3, 0.4) is 0 Å². The smallest absolute Gasteiger partial charge is 0.266 e. The molecule has 0 spiro atoms. The molecule has 0 saturated heterocycles. The van der Waals surface area contributed by atoms with Crippen LogP contribution in [0.1, 0.15) is 35.3 Å². The fraction of sp³-hybridized carbons (Fsp3) is 0.222. The predicted molar refractivity (Wildman–Crippen MR) is 148 cm³/mol. The van der Waals surface area contributed by atoms with Gasteiger partial charge in [-0.15, -0.1) is 11.3 Å². The van der Waals surface area contributed by atoms with Crippen molar-refractivity contribution in [2.45, 2.75) is 31.3 Å². The summed E-state index contributed by atoms with van der Waals surface area (Å²) in [6.07, 6.45) is 0. The van der Waals surface area contributed by atoms with Gasteiger partial charge >= 0.3 is 0 Å². The van der Waals surface area contributed by atoms with Gasteiger partial charge in [0.05, 0.1) is 35.2 Å². The number of carbonyl (C=O) groups is 1. The van der Waals surface area contributed by atoms with Gasteiger partial charge < -0.3 is 24.8 Å². The van der Waals surface area contributed by atoms with Crippen molar-refractivity contribution in [3.63, 3.8) is 0 Å². The molecule has 1 atom stereocenters. The highest BCUT2D eigenvalue weighted by Gasteiger charge is 2.28. The average Bonchev–Trinajstić information content (AvgIpc) is 3.33. The molecule has 4 N–H and O–H groups in total. The van der Waals surface area contributed by atoms with Crippen LogP contribution < -0.4 is 15.6 Å². The van der Waals surface area contributed by atoms with Crippen LogP contribution in [0.25, 0.3) is 10.9 Å². The number of aliphatic hydroxyl groups is 1. The highest BCUT2D eigenvalue weighted by molar-refractivity contribution is 7.98. The number of rotatable bonds is 7. The van der Waals surface area contributed by atoms with Gasteiger partial charge in [-0.2, -0.15) is 0 Å². The van der Waals surface area contributed by atoms with E-state index >= 15 is 0 Å². The third-order valence-electron chi connectivity index (χ3n) is 6.32. The quantitative estimate of drug-likeness (QED) is 0.264. The number of carbonyl (C=O) groups excluding carboxylic acids is 1. The zero-order valence-electron chi connectivity index (χ0n) is 20.3. The van der Waals surface area contributed by atoms with Gasteiger partial charge in [0.15, 0.2) is 5.84 Å². The number of aromatic hydroxyl groups is 1. The minimum atomic E-state index is -0.368. The van der Waals surface area contributed by atoms with E-state index in [0.717, 1.165) is 5.56 Å². The number of benzene rings is 2. The third-order valence-corrected chi connectivity index (χ3v) is 8.23. The van der Waals surface area contributed by atoms with Crippen molar-refractivity contribution in [1.29, 1.82) is 0 Å². The molecule has 5 rings (SSSR count). The lowest BCUT2D eigenvalue weighted by Gasteiger charge is -2.21. The number of aliphatic imine (C=N–C) groups is 1. The Balaban J connectivity index is 1.56. The largest absolute Gasteiger partial charge is 0.506 e. The number of hydrogen-bond acceptors (Lipinski definition) is 8. The van der Waals surface area contributed by atoms with E-state index in [4.69, 9.17) is 0 Å². The first kappa shape index (κ1) is 25.1. The molecule has 3 heterocycles. The third kappa shape index (κ3) is 4.75. The first-order valence-corrected chi connectivity index (χ1v) is 13.5. The van der Waals surface area contributed by atoms with Crippen molar-refractivity contribution < 1.29 is 15.0 Å². The van der Waals surface area contributed by atoms with Crippen molar-refractivity contribution in [1.82, 2.24) is 14.6 Å². The molecule has 4 aromatic rings. The topological polar surface area (TPSA) is 116 Å². The monoisotopic (exact) mass is 534 g/mol. The first-order valence-electron chi connectivity index (χ1n) is 11.8. The van der Waals surface area contributed by atoms with E-state index in [9.17, 15) is 19.8 Å². The summed E-state index contributed by atoms with van der Waals surface area (Å²) in [6.45, 7) is 4.04. The Bertz CT molecular complexity index is 1560. The summed E-state index contributed by atoms with van der Waals surface area (Å²) in [5, 5.41) is 26.4. The van der Waals surface area contributed by atoms with Gasteiger partial charge in [-0.3, -0.25) is 9.59 Å². The first-order chi connectivity index (χ1) is 17.9. The van der Waals surface area contributed by atoms with Crippen LogP contribution in [0.5, 0.6) is 5.75 Å². The molecular weight excluding hydrogens is 508 g/mol. The number of amidine groups is 1. The molecule has 0 aliphatic carbocycles. The average molecular weight is 535 g/mol. The summed E-state index contributed by atoms with van der Waals surface area (Å²) in [5.41, 5.74) is 1.74. The van der Waals surface area contributed by atoms with Crippen LogP contribution >= 0.6 is 23.3 Å². The molecule has 0 saturated carbocycles. The predicted octanol–water partition coefficient (Wildman–Crippen LogP) is 4.25. The lowest BCUT2D eigenvalue weighted by molar-refractivity contribution is 0.0894. The SMILES string of the molecule is CC(C)[C@@H](CO)NC(=O)c1csc2c1SNC(c1c(O)c3ccccc3n(Cc3ccccc3)c1=O)=N2. The number of thiophene rings is 1. The van der Waals surface area contributed by atoms with Crippen molar-refractivity contribution in [2.75, 3.05) is 6.61 Å². The summed E-state index contributed by atoms with van der Waals surface area (Å²) in [7, 11) is 0. The van der Waals surface area contributed by atoms with E-state index in [1.165, 1.54) is 23.3 Å². The van der Waals surface area contributed by atoms with Crippen molar-refractivity contribution >= 4 is 50.9 Å². The molecule has 1 aliphatic rings. The van der Waals surface area contributed by atoms with E-state index in [1.807, 2.05) is 62.4 Å². The molecule has 2 aromatic heterocycles. The second kappa shape index (κ2) is 10.4. The maximum absolute atomic E-state index is 13.7. The summed E-state index contributed by atoms with van der Waals surface area (Å²) < 4.78 is 4.71. The number of nitrogens with one attached hydrogen (secondary N) is 2. The van der Waals surface area contributed by atoms with Crippen LogP contribution in [-0.2, 0) is 6.54 Å². The van der Waals surface area contributed by atoms with E-state index in [-0.39, 0.29) is 47.2 Å². The molecule has 8 nitrogen and oxygen atoms in total. The second-order valence-electron chi connectivity index (χ2n) is 9.07. The Hall–Kier alpha value is -3.60. The molecule has 10 heteroatoms. The van der Waals surface area contributed by atoms with Crippen molar-refractivity contribution in [3.8, 4) is 5.75 Å². The number of hydrogen-bond donors (Lipinski definition) is 4. The van der Waals surface area contributed by atoms with Crippen LogP contribution in [0.4, 0.5) is 5.00 Å². The molecule has 0 radical (unpaired) electrons. The minimum Gasteiger partial charge on any atom is -0.506 e. The molecular formula is C27H26N4O4S2. The van der Waals surface area contributed by atoms with Gasteiger partial charge in [0.25, 0.3) is 11.5 Å². The van der Waals surface area contributed by atoms with Gasteiger partial charge in [-0.1, -0.05) is 56.3 Å². The molecule has 0 fully saturated rings. The molecule has 190 valence electrons. The standard InChI is InChI=1S/C27H26N4O4S2/c1-15(2)19(13-32)28-25(34)18-14-36-26-23(18)37-30-24(29-26)21-22(33)17-10-6-7-11-20(17)31(27(21)35)12-16-8-4-3-5-9-16/h3-11,14-15,19,32-33H,12-13H2,1-2H3,(H,28,34)(H,29,30)/t19-/m1/s1. The number of aliphatic hydroxyl groups excluding tert-OH is 1. The molecule has 0 bridgehead atoms. The van der Waals surface area contributed by atoms with Crippen molar-refractivity contribution in [2.24, 2.45) is 10.9 Å². The number of para-hydroxylation sites is 1. The van der Waals surface area contributed by atoms with E-state index in [2.05, 4.69) is 15.0 Å². The number of aromatic nitrogens is 1. The number of pyridine rings is 1. The van der Waals surface area contributed by atoms with E-state index < -0.39 is 0 Å². The van der Waals surface area contributed by atoms with Crippen molar-refractivity contribution in [3.05, 3.63) is 87.0 Å². The summed E-state index contributed by atoms with van der Waals surface area (Å²) in [4.78, 5) is 31.9. The number of amides is 1. The highest BCUT2D eigenvalue weighted by atomic mass is 32.2. The summed E-state index contributed by atoms with van der Waals surface area (Å²) in [5.74, 6) is -0.126. The molecule has 37 heavy (non-hydrogen) atoms. The molecule has 1 amide bonds. The second-order valence-corrected chi connectivity index (χ2v) is 10.7. The van der Waals surface area contributed by atoms with Gasteiger partial charge in [0.2, 0.25) is 0 Å². The zero-order chi connectivity index (χ0) is 26.1. The number of nitrogens with zero attached hydrogens (tertiary/aromatic N) is 2. The van der Waals surface area contributed by atoms with Crippen LogP contribution in [0, 0.1) is 5.92 Å². The lowest BCUT2D eigenvalue weighted by Crippen LogP contribution is -2.41. The highest BCUT2D eigenvalue weighted by Crippen LogP contribution is 2.41. The number of fused-ring (bicyclic) bond motifs is 2. The Labute approximate surface area is 221 Å². The normalized spacial score (nSPS) is 13.7. The molecule has 2 aromatic carbocycles. The maximum atomic E-state index is 13.7. The fourth-order valence-electron chi connectivity index (χ4n) is 4.20.